The zero-order valence-corrected chi connectivity index (χ0v) is 14.4. The third-order valence-electron chi connectivity index (χ3n) is 4.90. The third-order valence-corrected chi connectivity index (χ3v) is 4.90. The number of benzene rings is 1. The minimum absolute atomic E-state index is 0.00617. The zero-order chi connectivity index (χ0) is 17.6. The molecule has 0 saturated carbocycles. The van der Waals surface area contributed by atoms with Gasteiger partial charge in [0.2, 0.25) is 0 Å². The summed E-state index contributed by atoms with van der Waals surface area (Å²) in [6, 6.07) is 4.79. The quantitative estimate of drug-likeness (QED) is 0.654. The SMILES string of the molecule is O=C(NC[C@H]1CCCO1)c1ccc(N2CCCCCC2)c([N+](=O)[O-])c1. The van der Waals surface area contributed by atoms with Gasteiger partial charge in [-0.1, -0.05) is 12.8 Å². The summed E-state index contributed by atoms with van der Waals surface area (Å²) >= 11 is 0. The average Bonchev–Trinajstić information content (AvgIpc) is 2.99. The van der Waals surface area contributed by atoms with E-state index in [-0.39, 0.29) is 17.7 Å². The Morgan fingerprint density at radius 3 is 2.64 bits per heavy atom. The van der Waals surface area contributed by atoms with Crippen molar-refractivity contribution in [1.29, 1.82) is 0 Å². The molecule has 2 aliphatic rings. The van der Waals surface area contributed by atoms with E-state index < -0.39 is 4.92 Å². The van der Waals surface area contributed by atoms with Crippen molar-refractivity contribution in [3.8, 4) is 0 Å². The Morgan fingerprint density at radius 1 is 1.24 bits per heavy atom. The van der Waals surface area contributed by atoms with E-state index in [1.165, 1.54) is 6.07 Å². The predicted octanol–water partition coefficient (Wildman–Crippen LogP) is 2.88. The smallest absolute Gasteiger partial charge is 0.293 e. The Hall–Kier alpha value is -2.15. The topological polar surface area (TPSA) is 84.7 Å². The van der Waals surface area contributed by atoms with Gasteiger partial charge >= 0.3 is 0 Å². The molecule has 0 unspecified atom stereocenters. The Kier molecular flexibility index (Phi) is 5.86. The molecule has 0 aliphatic carbocycles. The van der Waals surface area contributed by atoms with Gasteiger partial charge in [-0.05, 0) is 37.8 Å². The number of carbonyl (C=O) groups excluding carboxylic acids is 1. The Balaban J connectivity index is 1.73. The predicted molar refractivity (Wildman–Crippen MR) is 95.1 cm³/mol. The number of anilines is 1. The standard InChI is InChI=1S/C18H25N3O4/c22-18(19-13-15-6-5-11-25-15)14-7-8-16(17(12-14)21(23)24)20-9-3-1-2-4-10-20/h7-8,12,15H,1-6,9-11,13H2,(H,19,22)/t15-/m1/s1. The van der Waals surface area contributed by atoms with Crippen LogP contribution in [0.4, 0.5) is 11.4 Å². The van der Waals surface area contributed by atoms with Crippen molar-refractivity contribution in [1.82, 2.24) is 5.32 Å². The molecule has 136 valence electrons. The van der Waals surface area contributed by atoms with Gasteiger partial charge in [-0.3, -0.25) is 14.9 Å². The molecule has 25 heavy (non-hydrogen) atoms. The highest BCUT2D eigenvalue weighted by molar-refractivity contribution is 5.95. The molecule has 1 atom stereocenters. The lowest BCUT2D eigenvalue weighted by Gasteiger charge is -2.22. The van der Waals surface area contributed by atoms with E-state index in [1.807, 2.05) is 0 Å². The molecule has 1 amide bonds. The zero-order valence-electron chi connectivity index (χ0n) is 14.4. The molecule has 2 saturated heterocycles. The number of amides is 1. The number of rotatable bonds is 5. The molecule has 0 spiro atoms. The molecule has 0 aromatic heterocycles. The van der Waals surface area contributed by atoms with Crippen LogP contribution in [-0.2, 0) is 4.74 Å². The molecular weight excluding hydrogens is 322 g/mol. The van der Waals surface area contributed by atoms with Crippen LogP contribution < -0.4 is 10.2 Å². The number of nitrogens with zero attached hydrogens (tertiary/aromatic N) is 2. The molecule has 0 bridgehead atoms. The number of hydrogen-bond acceptors (Lipinski definition) is 5. The van der Waals surface area contributed by atoms with Crippen molar-refractivity contribution in [2.75, 3.05) is 31.1 Å². The van der Waals surface area contributed by atoms with Crippen LogP contribution in [0.5, 0.6) is 0 Å². The van der Waals surface area contributed by atoms with Crippen molar-refractivity contribution in [3.05, 3.63) is 33.9 Å². The maximum Gasteiger partial charge on any atom is 0.293 e. The highest BCUT2D eigenvalue weighted by atomic mass is 16.6. The van der Waals surface area contributed by atoms with Crippen LogP contribution in [0.3, 0.4) is 0 Å². The second-order valence-electron chi connectivity index (χ2n) is 6.71. The molecule has 0 radical (unpaired) electrons. The fourth-order valence-electron chi connectivity index (χ4n) is 3.50. The first-order valence-electron chi connectivity index (χ1n) is 9.08. The summed E-state index contributed by atoms with van der Waals surface area (Å²) < 4.78 is 5.48. The van der Waals surface area contributed by atoms with Crippen molar-refractivity contribution in [3.63, 3.8) is 0 Å². The minimum atomic E-state index is -0.392. The van der Waals surface area contributed by atoms with Crippen molar-refractivity contribution < 1.29 is 14.5 Å². The van der Waals surface area contributed by atoms with Gasteiger partial charge in [0, 0.05) is 37.9 Å². The highest BCUT2D eigenvalue weighted by Crippen LogP contribution is 2.31. The minimum Gasteiger partial charge on any atom is -0.376 e. The summed E-state index contributed by atoms with van der Waals surface area (Å²) in [6.07, 6.45) is 6.41. The Labute approximate surface area is 147 Å². The van der Waals surface area contributed by atoms with Crippen molar-refractivity contribution in [2.24, 2.45) is 0 Å². The lowest BCUT2D eigenvalue weighted by molar-refractivity contribution is -0.384. The van der Waals surface area contributed by atoms with Gasteiger partial charge in [0.1, 0.15) is 5.69 Å². The first-order valence-corrected chi connectivity index (χ1v) is 9.08. The fraction of sp³-hybridized carbons (Fsp3) is 0.611. The van der Waals surface area contributed by atoms with Crippen LogP contribution in [0.1, 0.15) is 48.9 Å². The summed E-state index contributed by atoms with van der Waals surface area (Å²) in [5, 5.41) is 14.3. The average molecular weight is 347 g/mol. The van der Waals surface area contributed by atoms with Crippen LogP contribution in [0.2, 0.25) is 0 Å². The van der Waals surface area contributed by atoms with Gasteiger partial charge in [0.25, 0.3) is 11.6 Å². The number of nitrogens with one attached hydrogen (secondary N) is 1. The lowest BCUT2D eigenvalue weighted by Crippen LogP contribution is -2.32. The van der Waals surface area contributed by atoms with Crippen molar-refractivity contribution >= 4 is 17.3 Å². The Morgan fingerprint density at radius 2 is 2.00 bits per heavy atom. The molecular formula is C18H25N3O4. The summed E-state index contributed by atoms with van der Waals surface area (Å²) in [4.78, 5) is 25.5. The van der Waals surface area contributed by atoms with Gasteiger partial charge in [-0.2, -0.15) is 0 Å². The van der Waals surface area contributed by atoms with Gasteiger partial charge < -0.3 is 15.0 Å². The summed E-state index contributed by atoms with van der Waals surface area (Å²) in [5.41, 5.74) is 0.942. The number of nitro groups is 1. The molecule has 1 aromatic rings. The van der Waals surface area contributed by atoms with Crippen LogP contribution in [0.15, 0.2) is 18.2 Å². The van der Waals surface area contributed by atoms with E-state index in [9.17, 15) is 14.9 Å². The summed E-state index contributed by atoms with van der Waals surface area (Å²) in [6.45, 7) is 2.83. The van der Waals surface area contributed by atoms with Gasteiger partial charge in [-0.25, -0.2) is 0 Å². The summed E-state index contributed by atoms with van der Waals surface area (Å²) in [5.74, 6) is -0.291. The van der Waals surface area contributed by atoms with Gasteiger partial charge in [-0.15, -0.1) is 0 Å². The van der Waals surface area contributed by atoms with E-state index >= 15 is 0 Å². The van der Waals surface area contributed by atoms with E-state index in [0.717, 1.165) is 58.2 Å². The molecule has 3 rings (SSSR count). The fourth-order valence-corrected chi connectivity index (χ4v) is 3.50. The third kappa shape index (κ3) is 4.48. The highest BCUT2D eigenvalue weighted by Gasteiger charge is 2.23. The molecule has 1 N–H and O–H groups in total. The van der Waals surface area contributed by atoms with E-state index in [4.69, 9.17) is 4.74 Å². The van der Waals surface area contributed by atoms with Crippen LogP contribution in [-0.4, -0.2) is 43.2 Å². The maximum atomic E-state index is 12.3. The van der Waals surface area contributed by atoms with E-state index in [2.05, 4.69) is 10.2 Å². The van der Waals surface area contributed by atoms with Crippen LogP contribution in [0, 0.1) is 10.1 Å². The van der Waals surface area contributed by atoms with Gasteiger partial charge in [0.05, 0.1) is 11.0 Å². The first-order chi connectivity index (χ1) is 12.1. The summed E-state index contributed by atoms with van der Waals surface area (Å²) in [7, 11) is 0. The number of hydrogen-bond donors (Lipinski definition) is 1. The first kappa shape index (κ1) is 17.7. The number of nitro benzene ring substituents is 1. The van der Waals surface area contributed by atoms with E-state index in [1.54, 1.807) is 12.1 Å². The van der Waals surface area contributed by atoms with Crippen molar-refractivity contribution in [2.45, 2.75) is 44.6 Å². The number of ether oxygens (including phenoxy) is 1. The largest absolute Gasteiger partial charge is 0.376 e. The van der Waals surface area contributed by atoms with E-state index in [0.29, 0.717) is 17.8 Å². The molecule has 7 heteroatoms. The monoisotopic (exact) mass is 347 g/mol. The van der Waals surface area contributed by atoms with Gasteiger partial charge in [0.15, 0.2) is 0 Å². The normalized spacial score (nSPS) is 21.0. The second kappa shape index (κ2) is 8.29. The molecule has 2 heterocycles. The maximum absolute atomic E-state index is 12.3. The second-order valence-corrected chi connectivity index (χ2v) is 6.71. The Bertz CT molecular complexity index is 621. The van der Waals surface area contributed by atoms with Crippen LogP contribution >= 0.6 is 0 Å². The number of carbonyl (C=O) groups is 1. The molecule has 7 nitrogen and oxygen atoms in total. The van der Waals surface area contributed by atoms with Crippen LogP contribution in [0.25, 0.3) is 0 Å². The molecule has 2 fully saturated rings. The lowest BCUT2D eigenvalue weighted by atomic mass is 10.1. The molecule has 1 aromatic carbocycles. The molecule has 2 aliphatic heterocycles.